The molecule has 0 heterocycles. The van der Waals surface area contributed by atoms with Crippen LogP contribution in [-0.4, -0.2) is 5.78 Å². The molecule has 2 aromatic rings. The standard InChI is InChI=1S/C36H44O/c1-25(17-19-29(26-11-6-4-7-12-26)27-13-8-5-9-14-27)31-21-22-32-30-20-18-28-15-10-16-34(37)36(28,3)33(30)23-24-35(31,32)2/h4-9,11-15,19,25,30-33H,10,16-18,20-24H2,1-3H3/t25-,30-,31-,32+,33-,35-,36-/m1/s1. The Labute approximate surface area is 224 Å². The van der Waals surface area contributed by atoms with E-state index in [4.69, 9.17) is 0 Å². The molecule has 0 aliphatic heterocycles. The fourth-order valence-corrected chi connectivity index (χ4v) is 9.65. The maximum absolute atomic E-state index is 13.3. The molecule has 1 nitrogen and oxygen atoms in total. The van der Waals surface area contributed by atoms with Gasteiger partial charge in [-0.05, 0) is 110 Å². The molecule has 0 aromatic heterocycles. The molecule has 0 bridgehead atoms. The molecule has 7 atom stereocenters. The third-order valence-corrected chi connectivity index (χ3v) is 11.6. The van der Waals surface area contributed by atoms with Gasteiger partial charge in [-0.2, -0.15) is 0 Å². The van der Waals surface area contributed by atoms with Crippen molar-refractivity contribution in [2.24, 2.45) is 40.4 Å². The second-order valence-electron chi connectivity index (χ2n) is 13.1. The molecule has 4 aliphatic rings. The number of hydrogen-bond acceptors (Lipinski definition) is 1. The van der Waals surface area contributed by atoms with Gasteiger partial charge in [0.2, 0.25) is 0 Å². The number of allylic oxidation sites excluding steroid dienone is 3. The van der Waals surface area contributed by atoms with Gasteiger partial charge in [-0.25, -0.2) is 0 Å². The first-order valence-electron chi connectivity index (χ1n) is 15.0. The summed E-state index contributed by atoms with van der Waals surface area (Å²) in [7, 11) is 0. The third-order valence-electron chi connectivity index (χ3n) is 11.6. The number of fused-ring (bicyclic) bond motifs is 5. The van der Waals surface area contributed by atoms with E-state index in [-0.39, 0.29) is 5.41 Å². The van der Waals surface area contributed by atoms with Gasteiger partial charge in [-0.15, -0.1) is 0 Å². The Morgan fingerprint density at radius 1 is 0.892 bits per heavy atom. The van der Waals surface area contributed by atoms with E-state index in [1.54, 1.807) is 0 Å². The lowest BCUT2D eigenvalue weighted by Gasteiger charge is -2.58. The summed E-state index contributed by atoms with van der Waals surface area (Å²) in [5, 5.41) is 0. The van der Waals surface area contributed by atoms with Crippen molar-refractivity contribution in [1.29, 1.82) is 0 Å². The van der Waals surface area contributed by atoms with Crippen molar-refractivity contribution in [2.75, 3.05) is 0 Å². The maximum atomic E-state index is 13.3. The van der Waals surface area contributed by atoms with Crippen LogP contribution >= 0.6 is 0 Å². The summed E-state index contributed by atoms with van der Waals surface area (Å²) < 4.78 is 0. The Morgan fingerprint density at radius 3 is 2.24 bits per heavy atom. The molecule has 3 fully saturated rings. The molecular weight excluding hydrogens is 448 g/mol. The van der Waals surface area contributed by atoms with Crippen molar-refractivity contribution in [2.45, 2.75) is 78.6 Å². The second-order valence-corrected chi connectivity index (χ2v) is 13.1. The molecule has 1 heteroatoms. The van der Waals surface area contributed by atoms with Crippen molar-refractivity contribution >= 4 is 11.4 Å². The van der Waals surface area contributed by atoms with Gasteiger partial charge < -0.3 is 0 Å². The zero-order chi connectivity index (χ0) is 25.6. The van der Waals surface area contributed by atoms with Crippen LogP contribution in [0.2, 0.25) is 0 Å². The molecule has 0 spiro atoms. The number of benzene rings is 2. The fraction of sp³-hybridized carbons (Fsp3) is 0.528. The number of Topliss-reactive ketones (excluding diaryl/α,β-unsaturated/α-hetero) is 1. The largest absolute Gasteiger partial charge is 0.299 e. The molecular formula is C36H44O. The predicted octanol–water partition coefficient (Wildman–Crippen LogP) is 9.29. The lowest BCUT2D eigenvalue weighted by Crippen LogP contribution is -2.53. The van der Waals surface area contributed by atoms with Crippen LogP contribution in [0.3, 0.4) is 0 Å². The molecule has 0 amide bonds. The number of rotatable bonds is 5. The molecule has 6 rings (SSSR count). The number of hydrogen-bond donors (Lipinski definition) is 0. The molecule has 3 saturated carbocycles. The molecule has 0 unspecified atom stereocenters. The minimum atomic E-state index is -0.158. The van der Waals surface area contributed by atoms with Crippen LogP contribution in [-0.2, 0) is 4.79 Å². The van der Waals surface area contributed by atoms with E-state index in [9.17, 15) is 4.79 Å². The van der Waals surface area contributed by atoms with Crippen molar-refractivity contribution in [3.63, 3.8) is 0 Å². The maximum Gasteiger partial charge on any atom is 0.143 e. The molecule has 4 aliphatic carbocycles. The highest BCUT2D eigenvalue weighted by Crippen LogP contribution is 2.67. The first kappa shape index (κ1) is 24.9. The van der Waals surface area contributed by atoms with Gasteiger partial charge in [0.1, 0.15) is 5.78 Å². The van der Waals surface area contributed by atoms with Crippen LogP contribution in [0.15, 0.2) is 78.4 Å². The Hall–Kier alpha value is -2.41. The third kappa shape index (κ3) is 4.08. The number of carbonyl (C=O) groups is 1. The Morgan fingerprint density at radius 2 is 1.57 bits per heavy atom. The van der Waals surface area contributed by atoms with Crippen molar-refractivity contribution < 1.29 is 4.79 Å². The van der Waals surface area contributed by atoms with Crippen LogP contribution in [0, 0.1) is 40.4 Å². The van der Waals surface area contributed by atoms with E-state index in [1.807, 2.05) is 0 Å². The van der Waals surface area contributed by atoms with E-state index < -0.39 is 0 Å². The van der Waals surface area contributed by atoms with Gasteiger partial charge in [-0.1, -0.05) is 92.2 Å². The summed E-state index contributed by atoms with van der Waals surface area (Å²) in [6.45, 7) is 7.48. The van der Waals surface area contributed by atoms with E-state index in [0.29, 0.717) is 23.0 Å². The van der Waals surface area contributed by atoms with Gasteiger partial charge in [0.05, 0.1) is 5.41 Å². The van der Waals surface area contributed by atoms with Crippen LogP contribution < -0.4 is 0 Å². The minimum Gasteiger partial charge on any atom is -0.299 e. The SMILES string of the molecule is C[C@H](CC=C(c1ccccc1)c1ccccc1)[C@H]1CC[C@H]2[C@H]3CCC4=CCCC(=O)[C@@]4(C)[C@@H]3CC[C@]12C. The highest BCUT2D eigenvalue weighted by atomic mass is 16.1. The normalized spacial score (nSPS) is 35.5. The molecule has 37 heavy (non-hydrogen) atoms. The summed E-state index contributed by atoms with van der Waals surface area (Å²) >= 11 is 0. The van der Waals surface area contributed by atoms with Gasteiger partial charge in [0.25, 0.3) is 0 Å². The summed E-state index contributed by atoms with van der Waals surface area (Å²) in [6, 6.07) is 21.8. The summed E-state index contributed by atoms with van der Waals surface area (Å²) in [6.07, 6.45) is 15.6. The molecule has 194 valence electrons. The zero-order valence-corrected chi connectivity index (χ0v) is 23.1. The van der Waals surface area contributed by atoms with Gasteiger partial charge in [0.15, 0.2) is 0 Å². The van der Waals surface area contributed by atoms with Crippen molar-refractivity contribution in [3.05, 3.63) is 89.5 Å². The molecule has 0 radical (unpaired) electrons. The van der Waals surface area contributed by atoms with E-state index in [2.05, 4.69) is 93.6 Å². The van der Waals surface area contributed by atoms with Crippen molar-refractivity contribution in [3.8, 4) is 0 Å². The predicted molar refractivity (Wildman–Crippen MR) is 154 cm³/mol. The highest BCUT2D eigenvalue weighted by Gasteiger charge is 2.60. The lowest BCUT2D eigenvalue weighted by atomic mass is 9.46. The summed E-state index contributed by atoms with van der Waals surface area (Å²) in [5.74, 6) is 4.09. The van der Waals surface area contributed by atoms with Crippen LogP contribution in [0.4, 0.5) is 0 Å². The Balaban J connectivity index is 1.24. The van der Waals surface area contributed by atoms with Gasteiger partial charge >= 0.3 is 0 Å². The molecule has 0 saturated heterocycles. The van der Waals surface area contributed by atoms with Crippen LogP contribution in [0.5, 0.6) is 0 Å². The average Bonchev–Trinajstić information content (AvgIpc) is 3.28. The monoisotopic (exact) mass is 492 g/mol. The van der Waals surface area contributed by atoms with E-state index in [0.717, 1.165) is 43.4 Å². The minimum absolute atomic E-state index is 0.158. The quantitative estimate of drug-likeness (QED) is 0.380. The summed E-state index contributed by atoms with van der Waals surface area (Å²) in [5.41, 5.74) is 5.75. The first-order valence-corrected chi connectivity index (χ1v) is 15.0. The zero-order valence-electron chi connectivity index (χ0n) is 23.1. The lowest BCUT2D eigenvalue weighted by molar-refractivity contribution is -0.137. The highest BCUT2D eigenvalue weighted by molar-refractivity contribution is 5.89. The number of carbonyl (C=O) groups excluding carboxylic acids is 1. The summed E-state index contributed by atoms with van der Waals surface area (Å²) in [4.78, 5) is 13.3. The fourth-order valence-electron chi connectivity index (χ4n) is 9.65. The van der Waals surface area contributed by atoms with Crippen LogP contribution in [0.1, 0.15) is 89.7 Å². The Kier molecular flexibility index (Phi) is 6.54. The van der Waals surface area contributed by atoms with Gasteiger partial charge in [0, 0.05) is 6.42 Å². The van der Waals surface area contributed by atoms with Crippen LogP contribution in [0.25, 0.3) is 5.57 Å². The topological polar surface area (TPSA) is 17.1 Å². The van der Waals surface area contributed by atoms with E-state index in [1.165, 1.54) is 54.4 Å². The molecule has 0 N–H and O–H groups in total. The molecule has 2 aromatic carbocycles. The smallest absolute Gasteiger partial charge is 0.143 e. The van der Waals surface area contributed by atoms with Gasteiger partial charge in [-0.3, -0.25) is 4.79 Å². The van der Waals surface area contributed by atoms with Crippen molar-refractivity contribution in [1.82, 2.24) is 0 Å². The second kappa shape index (κ2) is 9.72. The van der Waals surface area contributed by atoms with E-state index >= 15 is 0 Å². The first-order chi connectivity index (χ1) is 17.9. The Bertz CT molecular complexity index is 1150. The number of ketones is 1. The average molecular weight is 493 g/mol.